The first kappa shape index (κ1) is 12.4. The molecule has 0 saturated carbocycles. The number of carbonyl (C=O) groups excluding carboxylic acids is 2. The summed E-state index contributed by atoms with van der Waals surface area (Å²) >= 11 is 0. The first-order valence-electron chi connectivity index (χ1n) is 5.96. The monoisotopic (exact) mass is 247 g/mol. The second kappa shape index (κ2) is 4.68. The van der Waals surface area contributed by atoms with Crippen LogP contribution in [0.5, 0.6) is 0 Å². The van der Waals surface area contributed by atoms with E-state index in [-0.39, 0.29) is 11.8 Å². The van der Waals surface area contributed by atoms with E-state index >= 15 is 0 Å². The van der Waals surface area contributed by atoms with Gasteiger partial charge in [-0.1, -0.05) is 12.1 Å². The van der Waals surface area contributed by atoms with Gasteiger partial charge in [-0.15, -0.1) is 0 Å². The fourth-order valence-corrected chi connectivity index (χ4v) is 2.19. The minimum absolute atomic E-state index is 0.123. The van der Waals surface area contributed by atoms with Crippen LogP contribution in [-0.4, -0.2) is 35.8 Å². The van der Waals surface area contributed by atoms with Crippen molar-refractivity contribution in [3.63, 3.8) is 0 Å². The Morgan fingerprint density at radius 1 is 1.50 bits per heavy atom. The molecule has 2 amide bonds. The Hall–Kier alpha value is -2.04. The highest BCUT2D eigenvalue weighted by Crippen LogP contribution is 2.20. The Bertz CT molecular complexity index is 479. The van der Waals surface area contributed by atoms with Gasteiger partial charge in [-0.2, -0.15) is 0 Å². The summed E-state index contributed by atoms with van der Waals surface area (Å²) in [6, 6.07) is 4.91. The van der Waals surface area contributed by atoms with Crippen molar-refractivity contribution in [1.29, 1.82) is 0 Å². The average Bonchev–Trinajstić information content (AvgIpc) is 2.32. The molecule has 1 aliphatic rings. The molecule has 1 heterocycles. The molecule has 1 aromatic carbocycles. The molecule has 1 saturated heterocycles. The molecule has 1 unspecified atom stereocenters. The van der Waals surface area contributed by atoms with Gasteiger partial charge in [-0.3, -0.25) is 9.59 Å². The van der Waals surface area contributed by atoms with Gasteiger partial charge in [-0.05, 0) is 25.5 Å². The molecular formula is C13H17N3O2. The predicted molar refractivity (Wildman–Crippen MR) is 69.1 cm³/mol. The van der Waals surface area contributed by atoms with Gasteiger partial charge < -0.3 is 16.0 Å². The van der Waals surface area contributed by atoms with E-state index < -0.39 is 6.04 Å². The van der Waals surface area contributed by atoms with Crippen LogP contribution in [0.3, 0.4) is 0 Å². The van der Waals surface area contributed by atoms with E-state index in [0.29, 0.717) is 24.3 Å². The zero-order chi connectivity index (χ0) is 13.3. The highest BCUT2D eigenvalue weighted by molar-refractivity contribution is 6.02. The topological polar surface area (TPSA) is 75.4 Å². The van der Waals surface area contributed by atoms with E-state index in [2.05, 4.69) is 5.32 Å². The van der Waals surface area contributed by atoms with Crippen LogP contribution >= 0.6 is 0 Å². The molecular weight excluding hydrogens is 230 g/mol. The van der Waals surface area contributed by atoms with Crippen LogP contribution in [0.2, 0.25) is 0 Å². The van der Waals surface area contributed by atoms with Gasteiger partial charge >= 0.3 is 0 Å². The van der Waals surface area contributed by atoms with E-state index in [1.807, 2.05) is 19.1 Å². The highest BCUT2D eigenvalue weighted by atomic mass is 16.2. The minimum atomic E-state index is -0.453. The van der Waals surface area contributed by atoms with Gasteiger partial charge in [0.05, 0.1) is 5.56 Å². The third kappa shape index (κ3) is 2.03. The van der Waals surface area contributed by atoms with Crippen molar-refractivity contribution >= 4 is 17.5 Å². The van der Waals surface area contributed by atoms with Crippen LogP contribution in [0.25, 0.3) is 0 Å². The van der Waals surface area contributed by atoms with Gasteiger partial charge in [0.2, 0.25) is 5.91 Å². The molecule has 1 atom stereocenters. The maximum Gasteiger partial charge on any atom is 0.256 e. The third-order valence-corrected chi connectivity index (χ3v) is 3.28. The molecule has 1 aromatic rings. The molecule has 1 fully saturated rings. The summed E-state index contributed by atoms with van der Waals surface area (Å²) in [5.74, 6) is -0.297. The number of hydrogen-bond donors (Lipinski definition) is 2. The van der Waals surface area contributed by atoms with Crippen LogP contribution < -0.4 is 11.1 Å². The molecule has 0 bridgehead atoms. The molecule has 0 radical (unpaired) electrons. The maximum atomic E-state index is 12.5. The lowest BCUT2D eigenvalue weighted by Gasteiger charge is -2.33. The Labute approximate surface area is 106 Å². The number of benzene rings is 1. The van der Waals surface area contributed by atoms with Crippen molar-refractivity contribution in [2.45, 2.75) is 19.9 Å². The number of nitrogens with zero attached hydrogens (tertiary/aromatic N) is 1. The number of anilines is 1. The van der Waals surface area contributed by atoms with Gasteiger partial charge in [0.15, 0.2) is 0 Å². The van der Waals surface area contributed by atoms with Crippen molar-refractivity contribution in [2.75, 3.05) is 18.8 Å². The number of nitrogen functional groups attached to an aromatic ring is 1. The largest absolute Gasteiger partial charge is 0.398 e. The zero-order valence-electron chi connectivity index (χ0n) is 10.6. The fraction of sp³-hybridized carbons (Fsp3) is 0.385. The smallest absolute Gasteiger partial charge is 0.256 e. The minimum Gasteiger partial charge on any atom is -0.398 e. The van der Waals surface area contributed by atoms with Crippen molar-refractivity contribution in [3.05, 3.63) is 29.3 Å². The summed E-state index contributed by atoms with van der Waals surface area (Å²) in [4.78, 5) is 25.6. The summed E-state index contributed by atoms with van der Waals surface area (Å²) in [5, 5.41) is 2.73. The number of rotatable bonds is 1. The number of carbonyl (C=O) groups is 2. The summed E-state index contributed by atoms with van der Waals surface area (Å²) < 4.78 is 0. The lowest BCUT2D eigenvalue weighted by atomic mass is 10.0. The first-order chi connectivity index (χ1) is 8.52. The second-order valence-electron chi connectivity index (χ2n) is 4.50. The first-order valence-corrected chi connectivity index (χ1v) is 5.96. The lowest BCUT2D eigenvalue weighted by Crippen LogP contribution is -2.56. The number of piperazine rings is 1. The maximum absolute atomic E-state index is 12.5. The quantitative estimate of drug-likeness (QED) is 0.711. The predicted octanol–water partition coefficient (Wildman–Crippen LogP) is 0.538. The summed E-state index contributed by atoms with van der Waals surface area (Å²) in [6.45, 7) is 4.57. The SMILES string of the molecule is Cc1cccc(N)c1C(=O)N1CCNC(=O)C1C. The summed E-state index contributed by atoms with van der Waals surface area (Å²) in [5.41, 5.74) is 7.65. The van der Waals surface area contributed by atoms with Crippen LogP contribution in [-0.2, 0) is 4.79 Å². The van der Waals surface area contributed by atoms with Crippen LogP contribution in [0.15, 0.2) is 18.2 Å². The molecule has 0 aromatic heterocycles. The van der Waals surface area contributed by atoms with Crippen molar-refractivity contribution in [2.24, 2.45) is 0 Å². The Kier molecular flexibility index (Phi) is 3.23. The second-order valence-corrected chi connectivity index (χ2v) is 4.50. The van der Waals surface area contributed by atoms with Gasteiger partial charge in [0, 0.05) is 18.8 Å². The molecule has 18 heavy (non-hydrogen) atoms. The van der Waals surface area contributed by atoms with Gasteiger partial charge in [0.25, 0.3) is 5.91 Å². The summed E-state index contributed by atoms with van der Waals surface area (Å²) in [6.07, 6.45) is 0. The van der Waals surface area contributed by atoms with Crippen LogP contribution in [0, 0.1) is 6.92 Å². The van der Waals surface area contributed by atoms with E-state index in [0.717, 1.165) is 5.56 Å². The Balaban J connectivity index is 2.34. The van der Waals surface area contributed by atoms with Crippen molar-refractivity contribution in [1.82, 2.24) is 10.2 Å². The number of amides is 2. The summed E-state index contributed by atoms with van der Waals surface area (Å²) in [7, 11) is 0. The molecule has 2 rings (SSSR count). The van der Waals surface area contributed by atoms with Crippen molar-refractivity contribution < 1.29 is 9.59 Å². The fourth-order valence-electron chi connectivity index (χ4n) is 2.19. The number of hydrogen-bond acceptors (Lipinski definition) is 3. The van der Waals surface area contributed by atoms with E-state index in [1.54, 1.807) is 17.9 Å². The lowest BCUT2D eigenvalue weighted by molar-refractivity contribution is -0.127. The van der Waals surface area contributed by atoms with Crippen LogP contribution in [0.4, 0.5) is 5.69 Å². The molecule has 96 valence electrons. The Morgan fingerprint density at radius 3 is 2.89 bits per heavy atom. The van der Waals surface area contributed by atoms with Crippen molar-refractivity contribution in [3.8, 4) is 0 Å². The number of nitrogens with one attached hydrogen (secondary N) is 1. The molecule has 0 spiro atoms. The van der Waals surface area contributed by atoms with Crippen LogP contribution in [0.1, 0.15) is 22.8 Å². The molecule has 5 nitrogen and oxygen atoms in total. The molecule has 3 N–H and O–H groups in total. The molecule has 5 heteroatoms. The number of nitrogens with two attached hydrogens (primary N) is 1. The third-order valence-electron chi connectivity index (χ3n) is 3.28. The van der Waals surface area contributed by atoms with Gasteiger partial charge in [0.1, 0.15) is 6.04 Å². The van der Waals surface area contributed by atoms with E-state index in [9.17, 15) is 9.59 Å². The normalized spacial score (nSPS) is 19.6. The molecule has 1 aliphatic heterocycles. The zero-order valence-corrected chi connectivity index (χ0v) is 10.6. The van der Waals surface area contributed by atoms with E-state index in [1.165, 1.54) is 0 Å². The molecule has 0 aliphatic carbocycles. The standard InChI is InChI=1S/C13H17N3O2/c1-8-4-3-5-10(14)11(8)13(18)16-7-6-15-12(17)9(16)2/h3-5,9H,6-7,14H2,1-2H3,(H,15,17). The van der Waals surface area contributed by atoms with E-state index in [4.69, 9.17) is 5.73 Å². The Morgan fingerprint density at radius 2 is 2.22 bits per heavy atom. The average molecular weight is 247 g/mol. The van der Waals surface area contributed by atoms with Gasteiger partial charge in [-0.25, -0.2) is 0 Å². The number of aryl methyl sites for hydroxylation is 1. The highest BCUT2D eigenvalue weighted by Gasteiger charge is 2.31.